The molecule has 0 saturated heterocycles. The van der Waals surface area contributed by atoms with Crippen LogP contribution in [-0.4, -0.2) is 26.4 Å². The molecule has 1 heterocycles. The Hall–Kier alpha value is -3.07. The van der Waals surface area contributed by atoms with E-state index in [4.69, 9.17) is 4.74 Å². The number of hydrogen-bond donors (Lipinski definition) is 1. The van der Waals surface area contributed by atoms with E-state index in [0.29, 0.717) is 11.3 Å². The Kier molecular flexibility index (Phi) is 3.57. The Bertz CT molecular complexity index is 1140. The van der Waals surface area contributed by atoms with Crippen molar-refractivity contribution in [2.24, 2.45) is 0 Å². The Balaban J connectivity index is 2.16. The van der Waals surface area contributed by atoms with Gasteiger partial charge < -0.3 is 0 Å². The van der Waals surface area contributed by atoms with Gasteiger partial charge in [0.2, 0.25) is 0 Å². The molecule has 1 N–H and O–H groups in total. The number of hydrogen-bond acceptors (Lipinski definition) is 2. The molecule has 0 fully saturated rings. The number of fused-ring (bicyclic) bond motifs is 2. The van der Waals surface area contributed by atoms with E-state index in [-0.39, 0.29) is 5.56 Å². The Morgan fingerprint density at radius 2 is 1.76 bits per heavy atom. The molecule has 0 bridgehead atoms. The first-order chi connectivity index (χ1) is 12.0. The van der Waals surface area contributed by atoms with Crippen molar-refractivity contribution in [1.29, 1.82) is 0 Å². The Morgan fingerprint density at radius 1 is 0.960 bits per heavy atom. The molecule has 25 heavy (non-hydrogen) atoms. The molecule has 0 unspecified atom stereocenters. The molecule has 0 amide bonds. The molecule has 3 nitrogen and oxygen atoms in total. The molecule has 1 aliphatic heterocycles. The predicted molar refractivity (Wildman–Crippen MR) is 102 cm³/mol. The maximum absolute atomic E-state index is 11.7. The van der Waals surface area contributed by atoms with Gasteiger partial charge in [-0.1, -0.05) is 0 Å². The van der Waals surface area contributed by atoms with Crippen molar-refractivity contribution in [2.75, 3.05) is 0 Å². The van der Waals surface area contributed by atoms with Gasteiger partial charge in [-0.15, -0.1) is 0 Å². The van der Waals surface area contributed by atoms with Crippen molar-refractivity contribution in [3.05, 3.63) is 87.7 Å². The summed E-state index contributed by atoms with van der Waals surface area (Å²) in [5.74, 6) is 0.479. The van der Waals surface area contributed by atoms with E-state index in [0.717, 1.165) is 32.7 Å². The average Bonchev–Trinajstić information content (AvgIpc) is 2.59. The minimum atomic E-state index is -0.946. The molecule has 5 heteroatoms. The second kappa shape index (κ2) is 5.78. The van der Waals surface area contributed by atoms with Crippen LogP contribution in [0.15, 0.2) is 60.7 Å². The molecular weight excluding hydrogens is 310 g/mol. The molecular formula is C20H14B2O3. The molecule has 0 spiro atoms. The molecule has 3 aromatic carbocycles. The van der Waals surface area contributed by atoms with E-state index in [2.05, 4.69) is 7.49 Å². The van der Waals surface area contributed by atoms with Crippen LogP contribution in [-0.2, 0) is 0 Å². The topological polar surface area (TPSA) is 46.5 Å². The summed E-state index contributed by atoms with van der Waals surface area (Å²) >= 11 is 0. The molecule has 1 aliphatic rings. The first-order valence-electron chi connectivity index (χ1n) is 7.99. The van der Waals surface area contributed by atoms with Crippen LogP contribution < -0.4 is 15.4 Å². The third-order valence-electron chi connectivity index (χ3n) is 4.37. The molecule has 0 saturated carbocycles. The Labute approximate surface area is 146 Å². The van der Waals surface area contributed by atoms with E-state index in [1.165, 1.54) is 0 Å². The first-order valence-corrected chi connectivity index (χ1v) is 7.99. The van der Waals surface area contributed by atoms with Gasteiger partial charge in [0.05, 0.1) is 0 Å². The van der Waals surface area contributed by atoms with Crippen molar-refractivity contribution >= 4 is 32.3 Å². The summed E-state index contributed by atoms with van der Waals surface area (Å²) in [4.78, 5) is 11.7. The van der Waals surface area contributed by atoms with Crippen LogP contribution in [0.1, 0.15) is 21.5 Å². The van der Waals surface area contributed by atoms with Crippen molar-refractivity contribution in [3.8, 4) is 11.5 Å². The number of aromatic carboxylic acids is 1. The molecule has 3 aromatic rings. The van der Waals surface area contributed by atoms with E-state index in [1.54, 1.807) is 12.1 Å². The summed E-state index contributed by atoms with van der Waals surface area (Å²) in [7, 11) is 5.96. The normalized spacial score (nSPS) is 12.0. The fourth-order valence-corrected chi connectivity index (χ4v) is 3.22. The summed E-state index contributed by atoms with van der Waals surface area (Å²) in [5.41, 5.74) is 3.80. The van der Waals surface area contributed by atoms with Gasteiger partial charge in [0.15, 0.2) is 0 Å². The molecule has 0 aliphatic carbocycles. The van der Waals surface area contributed by atoms with Crippen LogP contribution in [0.2, 0.25) is 0 Å². The number of benzene rings is 3. The zero-order valence-electron chi connectivity index (χ0n) is 13.7. The number of carboxylic acids is 1. The quantitative estimate of drug-likeness (QED) is 0.563. The van der Waals surface area contributed by atoms with Gasteiger partial charge in [0.25, 0.3) is 0 Å². The Morgan fingerprint density at radius 3 is 2.56 bits per heavy atom. The summed E-state index contributed by atoms with van der Waals surface area (Å²) in [6.07, 6.45) is 0. The van der Waals surface area contributed by atoms with Gasteiger partial charge in [0.1, 0.15) is 0 Å². The van der Waals surface area contributed by atoms with Crippen molar-refractivity contribution < 1.29 is 14.6 Å². The summed E-state index contributed by atoms with van der Waals surface area (Å²) in [6.45, 7) is 0. The molecule has 4 rings (SSSR count). The van der Waals surface area contributed by atoms with E-state index < -0.39 is 5.97 Å². The average molecular weight is 324 g/mol. The minimum absolute atomic E-state index is 0.274. The zero-order valence-corrected chi connectivity index (χ0v) is 13.7. The second-order valence-electron chi connectivity index (χ2n) is 6.16. The van der Waals surface area contributed by atoms with Gasteiger partial charge >= 0.3 is 146 Å². The van der Waals surface area contributed by atoms with E-state index >= 15 is 0 Å². The number of carboxylic acid groups (broad SMARTS) is 1. The van der Waals surface area contributed by atoms with Gasteiger partial charge in [-0.25, -0.2) is 0 Å². The van der Waals surface area contributed by atoms with Gasteiger partial charge in [-0.3, -0.25) is 0 Å². The molecule has 0 radical (unpaired) electrons. The van der Waals surface area contributed by atoms with E-state index in [1.807, 2.05) is 56.4 Å². The second-order valence-corrected chi connectivity index (χ2v) is 6.16. The first kappa shape index (κ1) is 15.5. The van der Waals surface area contributed by atoms with Gasteiger partial charge in [0, 0.05) is 0 Å². The molecule has 118 valence electrons. The van der Waals surface area contributed by atoms with Crippen molar-refractivity contribution in [1.82, 2.24) is 0 Å². The molecule has 0 atom stereocenters. The van der Waals surface area contributed by atoms with Crippen LogP contribution in [0.3, 0.4) is 0 Å². The summed E-state index contributed by atoms with van der Waals surface area (Å²) in [5, 5.41) is 11.3. The fourth-order valence-electron chi connectivity index (χ4n) is 3.22. The van der Waals surface area contributed by atoms with Gasteiger partial charge in [-0.2, -0.15) is 0 Å². The van der Waals surface area contributed by atoms with Crippen LogP contribution in [0.25, 0.3) is 5.57 Å². The summed E-state index contributed by atoms with van der Waals surface area (Å²) in [6, 6.07) is 18.8. The van der Waals surface area contributed by atoms with Gasteiger partial charge in [-0.05, 0) is 0 Å². The SMILES string of the molecule is B=c1ccc2c(c1)Oc1cc(B)ccc1C=2c1ccccc1C(=O)O. The molecule has 0 aromatic heterocycles. The van der Waals surface area contributed by atoms with Crippen molar-refractivity contribution in [2.45, 2.75) is 0 Å². The maximum atomic E-state index is 11.7. The number of rotatable bonds is 2. The third-order valence-corrected chi connectivity index (χ3v) is 4.37. The predicted octanol–water partition coefficient (Wildman–Crippen LogP) is 1.15. The monoisotopic (exact) mass is 324 g/mol. The number of carbonyl (C=O) groups is 1. The zero-order chi connectivity index (χ0) is 17.6. The third kappa shape index (κ3) is 2.58. The standard InChI is InChI=1S/C20H14B2O3/c21-11-5-7-15-17(9-11)25-18-10-12(22)6-8-16(18)19(15)13-3-1-2-4-14(13)20(23)24/h1-10,21H,22H2,(H,23,24). The van der Waals surface area contributed by atoms with Crippen LogP contribution in [0.4, 0.5) is 0 Å². The summed E-state index contributed by atoms with van der Waals surface area (Å²) < 4.78 is 6.08. The van der Waals surface area contributed by atoms with Crippen molar-refractivity contribution in [3.63, 3.8) is 0 Å². The number of ether oxygens (including phenoxy) is 1. The van der Waals surface area contributed by atoms with Crippen LogP contribution >= 0.6 is 0 Å². The fraction of sp³-hybridized carbons (Fsp3) is 0. The van der Waals surface area contributed by atoms with Crippen LogP contribution in [0.5, 0.6) is 11.5 Å². The van der Waals surface area contributed by atoms with E-state index in [9.17, 15) is 9.90 Å². The van der Waals surface area contributed by atoms with Crippen LogP contribution in [0, 0.1) is 5.11 Å².